The van der Waals surface area contributed by atoms with Crippen molar-refractivity contribution >= 4 is 0 Å². The molecule has 0 aromatic carbocycles. The van der Waals surface area contributed by atoms with Crippen molar-refractivity contribution < 1.29 is 9.84 Å². The molecule has 1 rings (SSSR count). The minimum Gasteiger partial charge on any atom is -0.388 e. The van der Waals surface area contributed by atoms with Gasteiger partial charge in [0.05, 0.1) is 17.1 Å². The summed E-state index contributed by atoms with van der Waals surface area (Å²) in [5, 5.41) is 20.0. The van der Waals surface area contributed by atoms with Crippen molar-refractivity contribution in [3.05, 3.63) is 0 Å². The molecule has 0 radical (unpaired) electrons. The highest BCUT2D eigenvalue weighted by Crippen LogP contribution is 2.44. The maximum atomic E-state index is 10.6. The molecule has 0 saturated carbocycles. The molecule has 0 spiro atoms. The molecular formula is C12H21NO2. The van der Waals surface area contributed by atoms with Gasteiger partial charge < -0.3 is 9.84 Å². The van der Waals surface area contributed by atoms with Crippen molar-refractivity contribution in [3.63, 3.8) is 0 Å². The van der Waals surface area contributed by atoms with E-state index < -0.39 is 11.0 Å². The average molecular weight is 211 g/mol. The van der Waals surface area contributed by atoms with Crippen LogP contribution in [0.4, 0.5) is 0 Å². The zero-order valence-electron chi connectivity index (χ0n) is 9.75. The molecule has 1 heterocycles. The summed E-state index contributed by atoms with van der Waals surface area (Å²) in [5.41, 5.74) is -1.42. The Morgan fingerprint density at radius 1 is 1.40 bits per heavy atom. The summed E-state index contributed by atoms with van der Waals surface area (Å²) in [5.74, 6) is 0. The van der Waals surface area contributed by atoms with Gasteiger partial charge in [-0.3, -0.25) is 0 Å². The summed E-state index contributed by atoms with van der Waals surface area (Å²) in [6.07, 6.45) is 3.59. The first-order valence-electron chi connectivity index (χ1n) is 5.85. The van der Waals surface area contributed by atoms with Gasteiger partial charge in [-0.05, 0) is 25.7 Å². The second-order valence-corrected chi connectivity index (χ2v) is 4.44. The fourth-order valence-corrected chi connectivity index (χ4v) is 2.57. The van der Waals surface area contributed by atoms with E-state index in [0.29, 0.717) is 38.9 Å². The van der Waals surface area contributed by atoms with Crippen LogP contribution in [-0.2, 0) is 4.74 Å². The number of nitrogens with zero attached hydrogens (tertiary/aromatic N) is 1. The molecule has 1 saturated heterocycles. The van der Waals surface area contributed by atoms with Crippen LogP contribution >= 0.6 is 0 Å². The molecule has 1 atom stereocenters. The minimum absolute atomic E-state index is 0.587. The van der Waals surface area contributed by atoms with Crippen LogP contribution in [0.25, 0.3) is 0 Å². The van der Waals surface area contributed by atoms with E-state index in [0.717, 1.165) is 6.42 Å². The van der Waals surface area contributed by atoms with Crippen LogP contribution < -0.4 is 0 Å². The number of aliphatic hydroxyl groups is 1. The maximum Gasteiger partial charge on any atom is 0.0903 e. The molecule has 3 nitrogen and oxygen atoms in total. The third-order valence-electron chi connectivity index (χ3n) is 3.70. The molecule has 0 aromatic rings. The number of ether oxygens (including phenoxy) is 1. The SMILES string of the molecule is CCCC(O)(CC)C1(C#N)CCOCC1. The van der Waals surface area contributed by atoms with Crippen molar-refractivity contribution in [3.8, 4) is 6.07 Å². The van der Waals surface area contributed by atoms with Gasteiger partial charge in [0.25, 0.3) is 0 Å². The molecule has 0 aliphatic carbocycles. The van der Waals surface area contributed by atoms with Crippen LogP contribution in [0.5, 0.6) is 0 Å². The highest BCUT2D eigenvalue weighted by atomic mass is 16.5. The van der Waals surface area contributed by atoms with Gasteiger partial charge in [0.1, 0.15) is 0 Å². The molecule has 1 N–H and O–H groups in total. The summed E-state index contributed by atoms with van der Waals surface area (Å²) in [6, 6.07) is 2.36. The average Bonchev–Trinajstić information content (AvgIpc) is 2.30. The van der Waals surface area contributed by atoms with Crippen LogP contribution in [-0.4, -0.2) is 23.9 Å². The second-order valence-electron chi connectivity index (χ2n) is 4.44. The summed E-state index contributed by atoms with van der Waals surface area (Å²) < 4.78 is 5.28. The van der Waals surface area contributed by atoms with Crippen molar-refractivity contribution in [1.82, 2.24) is 0 Å². The fraction of sp³-hybridized carbons (Fsp3) is 0.917. The molecule has 1 aliphatic rings. The largest absolute Gasteiger partial charge is 0.388 e. The van der Waals surface area contributed by atoms with E-state index in [1.54, 1.807) is 0 Å². The highest BCUT2D eigenvalue weighted by molar-refractivity contribution is 5.11. The molecule has 1 aliphatic heterocycles. The van der Waals surface area contributed by atoms with Crippen molar-refractivity contribution in [2.75, 3.05) is 13.2 Å². The number of nitriles is 1. The third kappa shape index (κ3) is 2.16. The smallest absolute Gasteiger partial charge is 0.0903 e. The van der Waals surface area contributed by atoms with E-state index in [1.807, 2.05) is 13.8 Å². The van der Waals surface area contributed by atoms with E-state index in [1.165, 1.54) is 0 Å². The summed E-state index contributed by atoms with van der Waals surface area (Å²) in [6.45, 7) is 5.20. The quantitative estimate of drug-likeness (QED) is 0.776. The Kier molecular flexibility index (Phi) is 4.12. The van der Waals surface area contributed by atoms with Crippen LogP contribution in [0, 0.1) is 16.7 Å². The first-order valence-corrected chi connectivity index (χ1v) is 5.85. The third-order valence-corrected chi connectivity index (χ3v) is 3.70. The number of hydrogen-bond donors (Lipinski definition) is 1. The Hall–Kier alpha value is -0.590. The van der Waals surface area contributed by atoms with Gasteiger partial charge in [-0.2, -0.15) is 5.26 Å². The zero-order valence-corrected chi connectivity index (χ0v) is 9.75. The van der Waals surface area contributed by atoms with Crippen LogP contribution in [0.15, 0.2) is 0 Å². The van der Waals surface area contributed by atoms with Crippen LogP contribution in [0.3, 0.4) is 0 Å². The lowest BCUT2D eigenvalue weighted by Gasteiger charge is -2.44. The topological polar surface area (TPSA) is 53.2 Å². The first-order chi connectivity index (χ1) is 7.14. The van der Waals surface area contributed by atoms with Gasteiger partial charge in [0.15, 0.2) is 0 Å². The fourth-order valence-electron chi connectivity index (χ4n) is 2.57. The van der Waals surface area contributed by atoms with Gasteiger partial charge in [0.2, 0.25) is 0 Å². The van der Waals surface area contributed by atoms with E-state index in [-0.39, 0.29) is 0 Å². The summed E-state index contributed by atoms with van der Waals surface area (Å²) >= 11 is 0. The molecule has 0 aromatic heterocycles. The predicted octanol–water partition coefficient (Wildman–Crippen LogP) is 2.25. The molecule has 3 heteroatoms. The van der Waals surface area contributed by atoms with Gasteiger partial charge in [-0.1, -0.05) is 20.3 Å². The standard InChI is InChI=1S/C12H21NO2/c1-3-5-12(14,4-2)11(10-13)6-8-15-9-7-11/h14H,3-9H2,1-2H3. The molecule has 0 bridgehead atoms. The molecule has 86 valence electrons. The lowest BCUT2D eigenvalue weighted by atomic mass is 9.65. The summed E-state index contributed by atoms with van der Waals surface area (Å²) in [7, 11) is 0. The maximum absolute atomic E-state index is 10.6. The lowest BCUT2D eigenvalue weighted by Crippen LogP contribution is -2.50. The number of rotatable bonds is 4. The van der Waals surface area contributed by atoms with Crippen molar-refractivity contribution in [2.24, 2.45) is 5.41 Å². The van der Waals surface area contributed by atoms with Crippen LogP contribution in [0.2, 0.25) is 0 Å². The molecular weight excluding hydrogens is 190 g/mol. The van der Waals surface area contributed by atoms with Gasteiger partial charge in [-0.15, -0.1) is 0 Å². The molecule has 0 amide bonds. The summed E-state index contributed by atoms with van der Waals surface area (Å²) in [4.78, 5) is 0. The Morgan fingerprint density at radius 3 is 2.40 bits per heavy atom. The molecule has 1 unspecified atom stereocenters. The van der Waals surface area contributed by atoms with E-state index in [9.17, 15) is 10.4 Å². The van der Waals surface area contributed by atoms with E-state index >= 15 is 0 Å². The Morgan fingerprint density at radius 2 is 2.00 bits per heavy atom. The minimum atomic E-state index is -0.833. The van der Waals surface area contributed by atoms with Gasteiger partial charge in [-0.25, -0.2) is 0 Å². The van der Waals surface area contributed by atoms with E-state index in [2.05, 4.69) is 6.07 Å². The van der Waals surface area contributed by atoms with E-state index in [4.69, 9.17) is 4.74 Å². The van der Waals surface area contributed by atoms with Crippen molar-refractivity contribution in [2.45, 2.75) is 51.6 Å². The van der Waals surface area contributed by atoms with Crippen molar-refractivity contribution in [1.29, 1.82) is 5.26 Å². The monoisotopic (exact) mass is 211 g/mol. The Balaban J connectivity index is 2.91. The second kappa shape index (κ2) is 4.96. The first kappa shape index (κ1) is 12.5. The normalized spacial score (nSPS) is 24.1. The highest BCUT2D eigenvalue weighted by Gasteiger charge is 2.49. The van der Waals surface area contributed by atoms with Gasteiger partial charge in [0, 0.05) is 13.2 Å². The Labute approximate surface area is 92.0 Å². The molecule has 1 fully saturated rings. The lowest BCUT2D eigenvalue weighted by molar-refractivity contribution is -0.110. The molecule has 15 heavy (non-hydrogen) atoms. The number of hydrogen-bond acceptors (Lipinski definition) is 3. The predicted molar refractivity (Wildman–Crippen MR) is 58.2 cm³/mol. The Bertz CT molecular complexity index is 240. The van der Waals surface area contributed by atoms with Crippen LogP contribution in [0.1, 0.15) is 46.0 Å². The zero-order chi connectivity index (χ0) is 11.4. The van der Waals surface area contributed by atoms with Gasteiger partial charge >= 0.3 is 0 Å².